The number of amides is 3. The molecule has 0 fully saturated rings. The summed E-state index contributed by atoms with van der Waals surface area (Å²) in [6.45, 7) is 5.46. The highest BCUT2D eigenvalue weighted by molar-refractivity contribution is 5.94. The van der Waals surface area contributed by atoms with Crippen LogP contribution in [0.5, 0.6) is 0 Å². The van der Waals surface area contributed by atoms with Crippen LogP contribution in [0.25, 0.3) is 21.9 Å². The van der Waals surface area contributed by atoms with Crippen LogP contribution in [-0.4, -0.2) is 54.4 Å². The van der Waals surface area contributed by atoms with Crippen LogP contribution in [0, 0.1) is 0 Å². The van der Waals surface area contributed by atoms with Crippen molar-refractivity contribution < 1.29 is 23.9 Å². The van der Waals surface area contributed by atoms with Gasteiger partial charge in [0.1, 0.15) is 24.0 Å². The molecule has 0 aliphatic rings. The van der Waals surface area contributed by atoms with Gasteiger partial charge in [0.2, 0.25) is 11.8 Å². The van der Waals surface area contributed by atoms with Crippen molar-refractivity contribution in [1.29, 1.82) is 0 Å². The summed E-state index contributed by atoms with van der Waals surface area (Å²) < 4.78 is 5.48. The van der Waals surface area contributed by atoms with Crippen LogP contribution in [-0.2, 0) is 25.5 Å². The summed E-state index contributed by atoms with van der Waals surface area (Å²) >= 11 is 0. The molecule has 4 aromatic rings. The van der Waals surface area contributed by atoms with Crippen molar-refractivity contribution in [3.05, 3.63) is 108 Å². The van der Waals surface area contributed by atoms with Gasteiger partial charge in [-0.15, -0.1) is 0 Å². The van der Waals surface area contributed by atoms with E-state index in [-0.39, 0.29) is 18.8 Å². The number of aliphatic imine (C=N–C) groups is 1. The maximum Gasteiger partial charge on any atom is 0.408 e. The second-order valence-electron chi connectivity index (χ2n) is 12.7. The van der Waals surface area contributed by atoms with Gasteiger partial charge in [-0.1, -0.05) is 97.1 Å². The topological polar surface area (TPSA) is 178 Å². The predicted octanol–water partition coefficient (Wildman–Crippen LogP) is 4.54. The van der Waals surface area contributed by atoms with Gasteiger partial charge in [-0.2, -0.15) is 0 Å². The first-order valence-corrected chi connectivity index (χ1v) is 16.2. The summed E-state index contributed by atoms with van der Waals surface area (Å²) in [5, 5.41) is 10.2. The molecular weight excluding hydrogens is 620 g/mol. The predicted molar refractivity (Wildman–Crippen MR) is 191 cm³/mol. The maximum absolute atomic E-state index is 14.1. The monoisotopic (exact) mass is 664 g/mol. The van der Waals surface area contributed by atoms with Crippen LogP contribution in [0.15, 0.2) is 102 Å². The lowest BCUT2D eigenvalue weighted by atomic mass is 9.97. The summed E-state index contributed by atoms with van der Waals surface area (Å²) in [7, 11) is 0. The Balaban J connectivity index is 1.64. The van der Waals surface area contributed by atoms with E-state index in [1.807, 2.05) is 84.9 Å². The Labute approximate surface area is 286 Å². The maximum atomic E-state index is 14.1. The van der Waals surface area contributed by atoms with Crippen LogP contribution >= 0.6 is 0 Å². The molecule has 7 N–H and O–H groups in total. The number of carbonyl (C=O) groups excluding carboxylic acids is 4. The first kappa shape index (κ1) is 36.1. The van der Waals surface area contributed by atoms with Gasteiger partial charge in [0.05, 0.1) is 6.04 Å². The van der Waals surface area contributed by atoms with Crippen molar-refractivity contribution in [1.82, 2.24) is 16.0 Å². The van der Waals surface area contributed by atoms with E-state index in [4.69, 9.17) is 16.2 Å². The number of guanidine groups is 1. The van der Waals surface area contributed by atoms with Gasteiger partial charge in [0.25, 0.3) is 0 Å². The van der Waals surface area contributed by atoms with Crippen molar-refractivity contribution >= 4 is 40.9 Å². The molecule has 0 aromatic heterocycles. The number of carbonyl (C=O) groups is 4. The van der Waals surface area contributed by atoms with Gasteiger partial charge in [-0.05, 0) is 66.6 Å². The zero-order valence-electron chi connectivity index (χ0n) is 28.0. The summed E-state index contributed by atoms with van der Waals surface area (Å²) in [6, 6.07) is 27.3. The fourth-order valence-corrected chi connectivity index (χ4v) is 5.36. The van der Waals surface area contributed by atoms with E-state index in [0.29, 0.717) is 24.8 Å². The van der Waals surface area contributed by atoms with Crippen LogP contribution in [0.4, 0.5) is 4.79 Å². The van der Waals surface area contributed by atoms with Crippen molar-refractivity contribution in [3.63, 3.8) is 0 Å². The second-order valence-corrected chi connectivity index (χ2v) is 12.7. The van der Waals surface area contributed by atoms with E-state index in [1.165, 1.54) is 0 Å². The number of alkyl carbamates (subject to hydrolysis) is 1. The van der Waals surface area contributed by atoms with E-state index in [9.17, 15) is 19.2 Å². The third kappa shape index (κ3) is 10.9. The molecule has 0 aliphatic heterocycles. The number of nitrogens with one attached hydrogen (secondary N) is 3. The molecule has 0 aliphatic carbocycles. The summed E-state index contributed by atoms with van der Waals surface area (Å²) in [5.74, 6) is -1.25. The van der Waals surface area contributed by atoms with Crippen molar-refractivity contribution in [2.45, 2.75) is 63.8 Å². The normalized spacial score (nSPS) is 13.0. The van der Waals surface area contributed by atoms with Crippen molar-refractivity contribution in [2.75, 3.05) is 6.54 Å². The number of nitrogens with two attached hydrogens (primary N) is 2. The van der Waals surface area contributed by atoms with Crippen molar-refractivity contribution in [3.8, 4) is 11.1 Å². The average Bonchev–Trinajstić information content (AvgIpc) is 3.07. The van der Waals surface area contributed by atoms with Crippen LogP contribution in [0.1, 0.15) is 50.8 Å². The highest BCUT2D eigenvalue weighted by atomic mass is 16.6. The fraction of sp³-hybridized carbons (Fsp3) is 0.289. The van der Waals surface area contributed by atoms with Crippen molar-refractivity contribution in [2.24, 2.45) is 16.5 Å². The number of nitrogens with zero attached hydrogens (tertiary/aromatic N) is 1. The first-order chi connectivity index (χ1) is 23.4. The Morgan fingerprint density at radius 1 is 0.796 bits per heavy atom. The second kappa shape index (κ2) is 16.9. The number of hydrogen-bond acceptors (Lipinski definition) is 6. The molecule has 0 heterocycles. The third-order valence-electron chi connectivity index (χ3n) is 7.67. The minimum atomic E-state index is -1.20. The van der Waals surface area contributed by atoms with E-state index in [2.05, 4.69) is 20.9 Å². The average molecular weight is 665 g/mol. The quantitative estimate of drug-likeness (QED) is 0.0569. The highest BCUT2D eigenvalue weighted by Crippen LogP contribution is 2.24. The zero-order chi connectivity index (χ0) is 35.4. The van der Waals surface area contributed by atoms with E-state index in [1.54, 1.807) is 32.9 Å². The van der Waals surface area contributed by atoms with E-state index in [0.717, 1.165) is 27.5 Å². The Kier molecular flexibility index (Phi) is 12.5. The molecule has 0 bridgehead atoms. The summed E-state index contributed by atoms with van der Waals surface area (Å²) in [5.41, 5.74) is 13.2. The van der Waals surface area contributed by atoms with E-state index >= 15 is 0 Å². The summed E-state index contributed by atoms with van der Waals surface area (Å²) in [6.07, 6.45) is 0.702. The van der Waals surface area contributed by atoms with Gasteiger partial charge in [-0.3, -0.25) is 14.6 Å². The fourth-order valence-electron chi connectivity index (χ4n) is 5.36. The Morgan fingerprint density at radius 2 is 1.45 bits per heavy atom. The summed E-state index contributed by atoms with van der Waals surface area (Å²) in [4.78, 5) is 56.8. The highest BCUT2D eigenvalue weighted by Gasteiger charge is 2.31. The minimum Gasteiger partial charge on any atom is -0.444 e. The number of hydrogen-bond donors (Lipinski definition) is 5. The largest absolute Gasteiger partial charge is 0.444 e. The molecule has 4 aromatic carbocycles. The molecule has 0 saturated carbocycles. The number of aldehydes is 1. The van der Waals surface area contributed by atoms with Gasteiger partial charge in [0.15, 0.2) is 5.96 Å². The number of rotatable bonds is 14. The molecule has 0 radical (unpaired) electrons. The van der Waals surface area contributed by atoms with Gasteiger partial charge in [0, 0.05) is 13.0 Å². The standard InChI is InChI=1S/C38H44N6O5/c1-38(2,3)49-37(48)44-33(28-20-18-26(19-21-28)25-11-5-4-6-12-25)35(47)43-32(23-29-15-9-14-27-13-7-8-17-31(27)29)34(46)42-30(24-45)16-10-22-41-36(39)40/h4-9,11-15,17-21,24,30,32-33H,10,16,22-23H2,1-3H3,(H,42,46)(H,43,47)(H,44,48)(H4,39,40,41)/t30-,32?,33?/m0/s1. The number of ether oxygens (including phenoxy) is 1. The van der Waals surface area contributed by atoms with Gasteiger partial charge >= 0.3 is 6.09 Å². The van der Waals surface area contributed by atoms with Crippen LogP contribution in [0.2, 0.25) is 0 Å². The smallest absolute Gasteiger partial charge is 0.408 e. The Hall–Kier alpha value is -5.71. The molecule has 49 heavy (non-hydrogen) atoms. The molecule has 0 spiro atoms. The third-order valence-corrected chi connectivity index (χ3v) is 7.67. The number of benzene rings is 4. The molecule has 4 rings (SSSR count). The molecule has 3 atom stereocenters. The Morgan fingerprint density at radius 3 is 2.12 bits per heavy atom. The lowest BCUT2D eigenvalue weighted by Gasteiger charge is -2.26. The molecule has 11 nitrogen and oxygen atoms in total. The molecule has 3 amide bonds. The zero-order valence-corrected chi connectivity index (χ0v) is 28.0. The van der Waals surface area contributed by atoms with Gasteiger partial charge in [-0.25, -0.2) is 4.79 Å². The first-order valence-electron chi connectivity index (χ1n) is 16.2. The SMILES string of the molecule is CC(C)(C)OC(=O)NC(C(=O)NC(Cc1cccc2ccccc12)C(=O)N[C@H](C=O)CCCN=C(N)N)c1ccc(-c2ccccc2)cc1. The molecule has 2 unspecified atom stereocenters. The number of fused-ring (bicyclic) bond motifs is 1. The molecule has 11 heteroatoms. The minimum absolute atomic E-state index is 0.0613. The molecular formula is C38H44N6O5. The van der Waals surface area contributed by atoms with Crippen LogP contribution in [0.3, 0.4) is 0 Å². The van der Waals surface area contributed by atoms with Crippen LogP contribution < -0.4 is 27.4 Å². The lowest BCUT2D eigenvalue weighted by molar-refractivity contribution is -0.131. The molecule has 256 valence electrons. The van der Waals surface area contributed by atoms with E-state index < -0.39 is 41.6 Å². The molecule has 0 saturated heterocycles. The Bertz CT molecular complexity index is 1760. The lowest BCUT2D eigenvalue weighted by Crippen LogP contribution is -2.53. The van der Waals surface area contributed by atoms with Gasteiger partial charge < -0.3 is 36.9 Å².